The molecule has 0 saturated heterocycles. The smallest absolute Gasteiger partial charge is 0.390 e. The summed E-state index contributed by atoms with van der Waals surface area (Å²) in [4.78, 5) is 12.0. The number of hydrogen-bond acceptors (Lipinski definition) is 3. The number of hydrogen-bond donors (Lipinski definition) is 2. The average Bonchev–Trinajstić information content (AvgIpc) is 2.59. The number of amides is 1. The number of benzene rings is 1. The zero-order valence-electron chi connectivity index (χ0n) is 10.7. The molecule has 1 amide bonds. The number of nitrogens with one attached hydrogen (secondary N) is 2. The van der Waals surface area contributed by atoms with Gasteiger partial charge in [-0.15, -0.1) is 0 Å². The average molecular weight is 288 g/mol. The molecule has 110 valence electrons. The third kappa shape index (κ3) is 3.86. The highest BCUT2D eigenvalue weighted by Gasteiger charge is 2.29. The Labute approximate surface area is 114 Å². The van der Waals surface area contributed by atoms with Crippen LogP contribution in [0.25, 0.3) is 0 Å². The minimum Gasteiger partial charge on any atom is -0.492 e. The molecule has 1 aromatic carbocycles. The summed E-state index contributed by atoms with van der Waals surface area (Å²) in [6.45, 7) is 0.429. The van der Waals surface area contributed by atoms with Gasteiger partial charge in [0.1, 0.15) is 18.4 Å². The molecule has 1 atom stereocenters. The number of ether oxygens (including phenoxy) is 1. The molecule has 0 spiro atoms. The summed E-state index contributed by atoms with van der Waals surface area (Å²) in [7, 11) is 0. The third-order valence-electron chi connectivity index (χ3n) is 2.91. The maximum absolute atomic E-state index is 12.1. The van der Waals surface area contributed by atoms with E-state index in [1.807, 2.05) is 0 Å². The monoisotopic (exact) mass is 288 g/mol. The predicted octanol–water partition coefficient (Wildman–Crippen LogP) is 1.78. The largest absolute Gasteiger partial charge is 0.492 e. The van der Waals surface area contributed by atoms with Crippen molar-refractivity contribution < 1.29 is 22.7 Å². The summed E-state index contributed by atoms with van der Waals surface area (Å²) in [6, 6.07) is 6.30. The van der Waals surface area contributed by atoms with Crippen LogP contribution in [-0.4, -0.2) is 31.8 Å². The maximum Gasteiger partial charge on any atom is 0.390 e. The van der Waals surface area contributed by atoms with Crippen molar-refractivity contribution in [2.24, 2.45) is 0 Å². The molecule has 1 aliphatic heterocycles. The van der Waals surface area contributed by atoms with E-state index in [4.69, 9.17) is 4.74 Å². The minimum atomic E-state index is -4.27. The fraction of sp³-hybridized carbons (Fsp3) is 0.462. The second-order valence-electron chi connectivity index (χ2n) is 4.43. The second kappa shape index (κ2) is 6.13. The van der Waals surface area contributed by atoms with Crippen molar-refractivity contribution in [3.63, 3.8) is 0 Å². The zero-order chi connectivity index (χ0) is 14.6. The van der Waals surface area contributed by atoms with E-state index in [2.05, 4.69) is 10.6 Å². The zero-order valence-corrected chi connectivity index (χ0v) is 10.7. The molecular formula is C13H15F3N2O2. The first-order chi connectivity index (χ1) is 9.47. The number of halogens is 3. The molecule has 2 N–H and O–H groups in total. The first-order valence-corrected chi connectivity index (χ1v) is 6.27. The van der Waals surface area contributed by atoms with Gasteiger partial charge in [-0.1, -0.05) is 18.2 Å². The Bertz CT molecular complexity index is 477. The summed E-state index contributed by atoms with van der Waals surface area (Å²) in [5.74, 6) is 0.0978. The van der Waals surface area contributed by atoms with Gasteiger partial charge in [0.15, 0.2) is 0 Å². The van der Waals surface area contributed by atoms with E-state index in [0.717, 1.165) is 0 Å². The van der Waals surface area contributed by atoms with Crippen LogP contribution in [0.15, 0.2) is 24.3 Å². The van der Waals surface area contributed by atoms with E-state index >= 15 is 0 Å². The molecule has 7 heteroatoms. The summed E-state index contributed by atoms with van der Waals surface area (Å²) in [5, 5.41) is 5.27. The minimum absolute atomic E-state index is 0.406. The number of fused-ring (bicyclic) bond motifs is 1. The molecule has 0 saturated carbocycles. The molecule has 0 fully saturated rings. The molecular weight excluding hydrogens is 273 g/mol. The van der Waals surface area contributed by atoms with Crippen molar-refractivity contribution >= 4 is 5.91 Å². The highest BCUT2D eigenvalue weighted by atomic mass is 19.4. The van der Waals surface area contributed by atoms with Crippen molar-refractivity contribution in [3.05, 3.63) is 29.8 Å². The van der Waals surface area contributed by atoms with E-state index in [1.165, 1.54) is 0 Å². The number of rotatable bonds is 3. The predicted molar refractivity (Wildman–Crippen MR) is 66.4 cm³/mol. The summed E-state index contributed by atoms with van der Waals surface area (Å²) in [6.07, 6.45) is -5.31. The number of para-hydroxylation sites is 1. The Morgan fingerprint density at radius 3 is 2.90 bits per heavy atom. The molecule has 0 unspecified atom stereocenters. The van der Waals surface area contributed by atoms with E-state index < -0.39 is 31.1 Å². The lowest BCUT2D eigenvalue weighted by Crippen LogP contribution is -2.39. The molecule has 2 rings (SSSR count). The quantitative estimate of drug-likeness (QED) is 0.891. The van der Waals surface area contributed by atoms with Gasteiger partial charge < -0.3 is 10.1 Å². The summed E-state index contributed by atoms with van der Waals surface area (Å²) < 4.78 is 41.7. The van der Waals surface area contributed by atoms with E-state index in [-0.39, 0.29) is 0 Å². The Kier molecular flexibility index (Phi) is 4.49. The lowest BCUT2D eigenvalue weighted by Gasteiger charge is -2.17. The molecule has 1 aliphatic rings. The Balaban J connectivity index is 2.02. The van der Waals surface area contributed by atoms with Gasteiger partial charge in [0, 0.05) is 18.7 Å². The van der Waals surface area contributed by atoms with Crippen molar-refractivity contribution in [3.8, 4) is 5.75 Å². The first kappa shape index (κ1) is 14.6. The van der Waals surface area contributed by atoms with E-state index in [0.29, 0.717) is 24.5 Å². The van der Waals surface area contributed by atoms with Crippen molar-refractivity contribution in [1.82, 2.24) is 10.6 Å². The van der Waals surface area contributed by atoms with Gasteiger partial charge in [0.05, 0.1) is 6.42 Å². The molecule has 0 bridgehead atoms. The van der Waals surface area contributed by atoms with Crippen LogP contribution in [0, 0.1) is 0 Å². The van der Waals surface area contributed by atoms with Crippen LogP contribution in [0.1, 0.15) is 18.0 Å². The van der Waals surface area contributed by atoms with Gasteiger partial charge in [-0.05, 0) is 6.07 Å². The van der Waals surface area contributed by atoms with Gasteiger partial charge in [0.25, 0.3) is 0 Å². The van der Waals surface area contributed by atoms with Gasteiger partial charge in [0.2, 0.25) is 5.91 Å². The normalized spacial score (nSPS) is 18.6. The third-order valence-corrected chi connectivity index (χ3v) is 2.91. The topological polar surface area (TPSA) is 50.4 Å². The number of carbonyl (C=O) groups is 1. The van der Waals surface area contributed by atoms with Crippen LogP contribution >= 0.6 is 0 Å². The number of carbonyl (C=O) groups excluding carboxylic acids is 1. The standard InChI is InChI=1S/C13H15F3N2O2/c14-13(15,16)5-6-18-12(19)11-9-3-1-2-4-10(9)20-8-7-17-11/h1-4,11,17H,5-8H2,(H,18,19)/t11-/m1/s1. The number of alkyl halides is 3. The molecule has 4 nitrogen and oxygen atoms in total. The van der Waals surface area contributed by atoms with Crippen LogP contribution < -0.4 is 15.4 Å². The Morgan fingerprint density at radius 2 is 2.15 bits per heavy atom. The highest BCUT2D eigenvalue weighted by molar-refractivity contribution is 5.84. The van der Waals surface area contributed by atoms with Crippen LogP contribution in [0.3, 0.4) is 0 Å². The van der Waals surface area contributed by atoms with Crippen molar-refractivity contribution in [1.29, 1.82) is 0 Å². The van der Waals surface area contributed by atoms with E-state index in [1.54, 1.807) is 24.3 Å². The van der Waals surface area contributed by atoms with E-state index in [9.17, 15) is 18.0 Å². The van der Waals surface area contributed by atoms with Crippen LogP contribution in [0.2, 0.25) is 0 Å². The lowest BCUT2D eigenvalue weighted by molar-refractivity contribution is -0.136. The molecule has 0 radical (unpaired) electrons. The fourth-order valence-electron chi connectivity index (χ4n) is 1.99. The molecule has 1 aromatic rings. The molecule has 0 aliphatic carbocycles. The lowest BCUT2D eigenvalue weighted by atomic mass is 10.1. The van der Waals surface area contributed by atoms with Gasteiger partial charge in [-0.3, -0.25) is 10.1 Å². The Hall–Kier alpha value is -1.76. The van der Waals surface area contributed by atoms with Gasteiger partial charge in [-0.25, -0.2) is 0 Å². The first-order valence-electron chi connectivity index (χ1n) is 6.27. The van der Waals surface area contributed by atoms with Crippen LogP contribution in [-0.2, 0) is 4.79 Å². The van der Waals surface area contributed by atoms with Gasteiger partial charge >= 0.3 is 6.18 Å². The van der Waals surface area contributed by atoms with Crippen molar-refractivity contribution in [2.75, 3.05) is 19.7 Å². The molecule has 1 heterocycles. The van der Waals surface area contributed by atoms with Gasteiger partial charge in [-0.2, -0.15) is 13.2 Å². The molecule has 20 heavy (non-hydrogen) atoms. The van der Waals surface area contributed by atoms with Crippen molar-refractivity contribution in [2.45, 2.75) is 18.6 Å². The van der Waals surface area contributed by atoms with Crippen LogP contribution in [0.5, 0.6) is 5.75 Å². The fourth-order valence-corrected chi connectivity index (χ4v) is 1.99. The summed E-state index contributed by atoms with van der Waals surface area (Å²) in [5.41, 5.74) is 0.634. The SMILES string of the molecule is O=C(NCCC(F)(F)F)[C@@H]1NCCOc2ccccc21. The highest BCUT2D eigenvalue weighted by Crippen LogP contribution is 2.27. The second-order valence-corrected chi connectivity index (χ2v) is 4.43. The summed E-state index contributed by atoms with van der Waals surface area (Å²) >= 11 is 0. The maximum atomic E-state index is 12.1. The molecule has 0 aromatic heterocycles. The van der Waals surface area contributed by atoms with Crippen LogP contribution in [0.4, 0.5) is 13.2 Å². The Morgan fingerprint density at radius 1 is 1.40 bits per heavy atom.